The summed E-state index contributed by atoms with van der Waals surface area (Å²) in [6.45, 7) is 1.61. The molecule has 2 rings (SSSR count). The molecule has 2 aromatic rings. The smallest absolute Gasteiger partial charge is 0.274 e. The molecule has 1 heterocycles. The SMILES string of the molecule is Cc1ccc(NC(=O)c2cccc(=O)[nH]2)cc1[N+](=O)[O-]. The van der Waals surface area contributed by atoms with Gasteiger partial charge in [-0.15, -0.1) is 0 Å². The minimum Gasteiger partial charge on any atom is -0.320 e. The Morgan fingerprint density at radius 2 is 2.05 bits per heavy atom. The molecule has 0 unspecified atom stereocenters. The molecule has 0 aliphatic heterocycles. The fourth-order valence-corrected chi connectivity index (χ4v) is 1.66. The number of rotatable bonds is 3. The van der Waals surface area contributed by atoms with E-state index in [0.29, 0.717) is 5.56 Å². The van der Waals surface area contributed by atoms with E-state index in [1.165, 1.54) is 24.3 Å². The van der Waals surface area contributed by atoms with Gasteiger partial charge >= 0.3 is 0 Å². The number of aryl methyl sites for hydroxylation is 1. The number of hydrogen-bond donors (Lipinski definition) is 2. The number of carbonyl (C=O) groups is 1. The number of carbonyl (C=O) groups excluding carboxylic acids is 1. The first-order chi connectivity index (χ1) is 9.47. The van der Waals surface area contributed by atoms with Crippen molar-refractivity contribution in [2.75, 3.05) is 5.32 Å². The number of nitro benzene ring substituents is 1. The summed E-state index contributed by atoms with van der Waals surface area (Å²) in [7, 11) is 0. The van der Waals surface area contributed by atoms with Crippen molar-refractivity contribution in [2.24, 2.45) is 0 Å². The summed E-state index contributed by atoms with van der Waals surface area (Å²) in [5, 5.41) is 13.3. The van der Waals surface area contributed by atoms with Crippen LogP contribution in [-0.2, 0) is 0 Å². The highest BCUT2D eigenvalue weighted by Gasteiger charge is 2.13. The second-order valence-electron chi connectivity index (χ2n) is 4.14. The molecule has 0 aliphatic carbocycles. The molecule has 0 saturated heterocycles. The molecule has 1 aromatic heterocycles. The van der Waals surface area contributed by atoms with E-state index in [1.807, 2.05) is 0 Å². The summed E-state index contributed by atoms with van der Waals surface area (Å²) < 4.78 is 0. The number of anilines is 1. The Bertz CT molecular complexity index is 736. The highest BCUT2D eigenvalue weighted by molar-refractivity contribution is 6.02. The lowest BCUT2D eigenvalue weighted by Gasteiger charge is -2.06. The van der Waals surface area contributed by atoms with Gasteiger partial charge < -0.3 is 10.3 Å². The largest absolute Gasteiger partial charge is 0.320 e. The molecular formula is C13H11N3O4. The van der Waals surface area contributed by atoms with Crippen molar-refractivity contribution in [3.63, 3.8) is 0 Å². The maximum Gasteiger partial charge on any atom is 0.274 e. The molecule has 1 amide bonds. The number of aromatic nitrogens is 1. The first-order valence-electron chi connectivity index (χ1n) is 5.73. The third-order valence-electron chi connectivity index (χ3n) is 2.68. The van der Waals surface area contributed by atoms with Gasteiger partial charge in [-0.3, -0.25) is 19.7 Å². The molecule has 0 radical (unpaired) electrons. The van der Waals surface area contributed by atoms with Gasteiger partial charge in [0.2, 0.25) is 5.56 Å². The summed E-state index contributed by atoms with van der Waals surface area (Å²) >= 11 is 0. The number of pyridine rings is 1. The van der Waals surface area contributed by atoms with Crippen LogP contribution in [0.4, 0.5) is 11.4 Å². The Balaban J connectivity index is 2.26. The zero-order valence-corrected chi connectivity index (χ0v) is 10.5. The van der Waals surface area contributed by atoms with E-state index >= 15 is 0 Å². The van der Waals surface area contributed by atoms with Gasteiger partial charge in [-0.05, 0) is 19.1 Å². The standard InChI is InChI=1S/C13H11N3O4/c1-8-5-6-9(7-11(8)16(19)20)14-13(18)10-3-2-4-12(17)15-10/h2-7H,1H3,(H,14,18)(H,15,17). The van der Waals surface area contributed by atoms with Crippen LogP contribution in [-0.4, -0.2) is 15.8 Å². The number of nitrogens with zero attached hydrogens (tertiary/aromatic N) is 1. The van der Waals surface area contributed by atoms with Gasteiger partial charge in [0.05, 0.1) is 4.92 Å². The van der Waals surface area contributed by atoms with Gasteiger partial charge in [-0.25, -0.2) is 0 Å². The van der Waals surface area contributed by atoms with Crippen molar-refractivity contribution in [1.29, 1.82) is 0 Å². The molecule has 0 saturated carbocycles. The van der Waals surface area contributed by atoms with Crippen molar-refractivity contribution in [2.45, 2.75) is 6.92 Å². The normalized spacial score (nSPS) is 10.1. The van der Waals surface area contributed by atoms with Crippen LogP contribution in [0.2, 0.25) is 0 Å². The van der Waals surface area contributed by atoms with Crippen LogP contribution in [0.3, 0.4) is 0 Å². The Kier molecular flexibility index (Phi) is 3.60. The van der Waals surface area contributed by atoms with E-state index in [0.717, 1.165) is 0 Å². The monoisotopic (exact) mass is 273 g/mol. The molecule has 102 valence electrons. The van der Waals surface area contributed by atoms with Crippen molar-refractivity contribution in [3.05, 3.63) is 68.1 Å². The summed E-state index contributed by atoms with van der Waals surface area (Å²) in [5.74, 6) is -0.541. The van der Waals surface area contributed by atoms with Crippen LogP contribution in [0, 0.1) is 17.0 Å². The Morgan fingerprint density at radius 1 is 1.30 bits per heavy atom. The zero-order valence-electron chi connectivity index (χ0n) is 10.5. The molecule has 0 bridgehead atoms. The molecule has 7 heteroatoms. The molecule has 0 spiro atoms. The van der Waals surface area contributed by atoms with E-state index in [2.05, 4.69) is 10.3 Å². The van der Waals surface area contributed by atoms with Crippen LogP contribution >= 0.6 is 0 Å². The number of benzene rings is 1. The van der Waals surface area contributed by atoms with Crippen LogP contribution in [0.5, 0.6) is 0 Å². The van der Waals surface area contributed by atoms with E-state index in [4.69, 9.17) is 0 Å². The molecule has 0 fully saturated rings. The number of aromatic amines is 1. The summed E-state index contributed by atoms with van der Waals surface area (Å²) in [4.78, 5) is 35.7. The summed E-state index contributed by atoms with van der Waals surface area (Å²) in [6.07, 6.45) is 0. The van der Waals surface area contributed by atoms with E-state index in [-0.39, 0.29) is 17.1 Å². The van der Waals surface area contributed by atoms with Gasteiger partial charge in [0.25, 0.3) is 11.6 Å². The molecular weight excluding hydrogens is 262 g/mol. The Hall–Kier alpha value is -2.96. The van der Waals surface area contributed by atoms with Crippen molar-refractivity contribution < 1.29 is 9.72 Å². The fourth-order valence-electron chi connectivity index (χ4n) is 1.66. The molecule has 1 aromatic carbocycles. The number of hydrogen-bond acceptors (Lipinski definition) is 4. The maximum absolute atomic E-state index is 11.9. The Labute approximate surface area is 113 Å². The van der Waals surface area contributed by atoms with Gasteiger partial charge in [0.1, 0.15) is 5.69 Å². The molecule has 2 N–H and O–H groups in total. The first kappa shape index (κ1) is 13.5. The first-order valence-corrected chi connectivity index (χ1v) is 5.73. The van der Waals surface area contributed by atoms with Gasteiger partial charge in [-0.2, -0.15) is 0 Å². The number of nitrogens with one attached hydrogen (secondary N) is 2. The highest BCUT2D eigenvalue weighted by atomic mass is 16.6. The van der Waals surface area contributed by atoms with E-state index < -0.39 is 16.4 Å². The predicted molar refractivity (Wildman–Crippen MR) is 72.8 cm³/mol. The lowest BCUT2D eigenvalue weighted by atomic mass is 10.2. The average molecular weight is 273 g/mol. The fraction of sp³-hybridized carbons (Fsp3) is 0.0769. The Morgan fingerprint density at radius 3 is 2.70 bits per heavy atom. The zero-order chi connectivity index (χ0) is 14.7. The molecule has 0 aliphatic rings. The average Bonchev–Trinajstić information content (AvgIpc) is 2.40. The number of amides is 1. The van der Waals surface area contributed by atoms with Crippen LogP contribution in [0.25, 0.3) is 0 Å². The van der Waals surface area contributed by atoms with Crippen LogP contribution < -0.4 is 10.9 Å². The third kappa shape index (κ3) is 2.89. The second-order valence-corrected chi connectivity index (χ2v) is 4.14. The number of H-pyrrole nitrogens is 1. The predicted octanol–water partition coefficient (Wildman–Crippen LogP) is 1.84. The molecule has 20 heavy (non-hydrogen) atoms. The van der Waals surface area contributed by atoms with Crippen molar-refractivity contribution >= 4 is 17.3 Å². The summed E-state index contributed by atoms with van der Waals surface area (Å²) in [5.41, 5.74) is 0.399. The van der Waals surface area contributed by atoms with E-state index in [9.17, 15) is 19.7 Å². The van der Waals surface area contributed by atoms with E-state index in [1.54, 1.807) is 19.1 Å². The minimum atomic E-state index is -0.541. The van der Waals surface area contributed by atoms with Crippen LogP contribution in [0.15, 0.2) is 41.2 Å². The quantitative estimate of drug-likeness (QED) is 0.657. The maximum atomic E-state index is 11.9. The number of nitro groups is 1. The topological polar surface area (TPSA) is 105 Å². The third-order valence-corrected chi connectivity index (χ3v) is 2.68. The van der Waals surface area contributed by atoms with Crippen molar-refractivity contribution in [1.82, 2.24) is 4.98 Å². The highest BCUT2D eigenvalue weighted by Crippen LogP contribution is 2.22. The lowest BCUT2D eigenvalue weighted by molar-refractivity contribution is -0.385. The van der Waals surface area contributed by atoms with Crippen LogP contribution in [0.1, 0.15) is 16.1 Å². The van der Waals surface area contributed by atoms with Gasteiger partial charge in [0, 0.05) is 23.4 Å². The van der Waals surface area contributed by atoms with Crippen molar-refractivity contribution in [3.8, 4) is 0 Å². The minimum absolute atomic E-state index is 0.0793. The van der Waals surface area contributed by atoms with Gasteiger partial charge in [0.15, 0.2) is 0 Å². The summed E-state index contributed by atoms with van der Waals surface area (Å²) in [6, 6.07) is 8.55. The molecule has 0 atom stereocenters. The lowest BCUT2D eigenvalue weighted by Crippen LogP contribution is -2.17. The molecule has 7 nitrogen and oxygen atoms in total. The van der Waals surface area contributed by atoms with Gasteiger partial charge in [-0.1, -0.05) is 12.1 Å². The second kappa shape index (κ2) is 5.35.